The second kappa shape index (κ2) is 10.0. The molecule has 3 unspecified atom stereocenters. The molecule has 0 N–H and O–H groups in total. The Bertz CT molecular complexity index is 797. The number of benzene rings is 1. The highest BCUT2D eigenvalue weighted by Crippen LogP contribution is 2.38. The van der Waals surface area contributed by atoms with Crippen molar-refractivity contribution in [2.24, 2.45) is 17.8 Å². The fraction of sp³-hybridized carbons (Fsp3) is 0.667. The third-order valence-corrected chi connectivity index (χ3v) is 6.76. The molecule has 30 heavy (non-hydrogen) atoms. The molecule has 166 valence electrons. The molecule has 0 spiro atoms. The summed E-state index contributed by atoms with van der Waals surface area (Å²) >= 11 is 0. The van der Waals surface area contributed by atoms with E-state index in [0.717, 1.165) is 43.2 Å². The van der Waals surface area contributed by atoms with E-state index in [2.05, 4.69) is 46.8 Å². The van der Waals surface area contributed by atoms with Gasteiger partial charge in [-0.1, -0.05) is 59.6 Å². The Balaban J connectivity index is 2.25. The van der Waals surface area contributed by atoms with Crippen molar-refractivity contribution in [3.8, 4) is 0 Å². The minimum Gasteiger partial charge on any atom is -0.300 e. The van der Waals surface area contributed by atoms with Gasteiger partial charge in [-0.15, -0.1) is 0 Å². The van der Waals surface area contributed by atoms with E-state index in [-0.39, 0.29) is 46.9 Å². The van der Waals surface area contributed by atoms with Crippen molar-refractivity contribution < 1.29 is 14.4 Å². The highest BCUT2D eigenvalue weighted by molar-refractivity contribution is 6.00. The topological polar surface area (TPSA) is 51.2 Å². The van der Waals surface area contributed by atoms with Crippen molar-refractivity contribution >= 4 is 17.3 Å². The van der Waals surface area contributed by atoms with E-state index in [1.54, 1.807) is 0 Å². The smallest absolute Gasteiger partial charge is 0.163 e. The van der Waals surface area contributed by atoms with Crippen LogP contribution in [0, 0.1) is 24.7 Å². The summed E-state index contributed by atoms with van der Waals surface area (Å²) in [4.78, 5) is 37.3. The van der Waals surface area contributed by atoms with Gasteiger partial charge < -0.3 is 0 Å². The van der Waals surface area contributed by atoms with Crippen LogP contribution >= 0.6 is 0 Å². The number of hydrogen-bond acceptors (Lipinski definition) is 3. The Hall–Kier alpha value is -1.77. The van der Waals surface area contributed by atoms with Crippen molar-refractivity contribution in [2.75, 3.05) is 0 Å². The lowest BCUT2D eigenvalue weighted by Crippen LogP contribution is -2.30. The molecule has 0 aliphatic heterocycles. The molecule has 3 heteroatoms. The maximum atomic E-state index is 13.1. The summed E-state index contributed by atoms with van der Waals surface area (Å²) in [5.74, 6) is 0.734. The highest BCUT2D eigenvalue weighted by atomic mass is 16.1. The summed E-state index contributed by atoms with van der Waals surface area (Å²) in [5, 5.41) is 0. The van der Waals surface area contributed by atoms with Gasteiger partial charge in [-0.25, -0.2) is 0 Å². The zero-order valence-electron chi connectivity index (χ0n) is 20.1. The molecule has 0 heterocycles. The van der Waals surface area contributed by atoms with Gasteiger partial charge in [0, 0.05) is 17.9 Å². The monoisotopic (exact) mass is 412 g/mol. The van der Waals surface area contributed by atoms with Crippen LogP contribution in [-0.2, 0) is 21.4 Å². The van der Waals surface area contributed by atoms with Crippen LogP contribution in [0.3, 0.4) is 0 Å². The van der Waals surface area contributed by atoms with Gasteiger partial charge in [-0.2, -0.15) is 0 Å². The first-order chi connectivity index (χ1) is 14.0. The predicted octanol–water partition coefficient (Wildman–Crippen LogP) is 6.42. The van der Waals surface area contributed by atoms with Gasteiger partial charge in [-0.05, 0) is 67.1 Å². The Morgan fingerprint density at radius 3 is 2.33 bits per heavy atom. The molecule has 0 amide bonds. The van der Waals surface area contributed by atoms with Gasteiger partial charge in [0.25, 0.3) is 0 Å². The quantitative estimate of drug-likeness (QED) is 0.440. The molecule has 1 aromatic rings. The number of carbonyl (C=O) groups excluding carboxylic acids is 3. The Kier molecular flexibility index (Phi) is 8.19. The second-order valence-corrected chi connectivity index (χ2v) is 10.4. The number of hydrogen-bond donors (Lipinski definition) is 0. The number of fused-ring (bicyclic) bond motifs is 1. The zero-order valence-corrected chi connectivity index (χ0v) is 20.1. The van der Waals surface area contributed by atoms with Crippen LogP contribution in [0.25, 0.3) is 0 Å². The van der Waals surface area contributed by atoms with Crippen LogP contribution in [0.2, 0.25) is 0 Å². The molecule has 0 saturated heterocycles. The van der Waals surface area contributed by atoms with Crippen molar-refractivity contribution in [1.29, 1.82) is 0 Å². The van der Waals surface area contributed by atoms with Gasteiger partial charge in [0.1, 0.15) is 11.6 Å². The van der Waals surface area contributed by atoms with Gasteiger partial charge >= 0.3 is 0 Å². The lowest BCUT2D eigenvalue weighted by Gasteiger charge is -2.33. The normalized spacial score (nSPS) is 18.6. The number of carbonyl (C=O) groups is 3. The van der Waals surface area contributed by atoms with E-state index in [1.165, 1.54) is 18.1 Å². The largest absolute Gasteiger partial charge is 0.300 e. The average Bonchev–Trinajstić information content (AvgIpc) is 2.60. The molecule has 1 aromatic carbocycles. The van der Waals surface area contributed by atoms with Gasteiger partial charge in [0.15, 0.2) is 5.78 Å². The second-order valence-electron chi connectivity index (χ2n) is 10.4. The summed E-state index contributed by atoms with van der Waals surface area (Å²) in [7, 11) is 0. The molecule has 0 saturated carbocycles. The molecule has 0 bridgehead atoms. The molecular weight excluding hydrogens is 372 g/mol. The fourth-order valence-electron chi connectivity index (χ4n) is 5.54. The van der Waals surface area contributed by atoms with E-state index in [9.17, 15) is 14.4 Å². The van der Waals surface area contributed by atoms with Crippen LogP contribution in [0.5, 0.6) is 0 Å². The number of Topliss-reactive ketones (excluding diaryl/α,β-unsaturated/α-hetero) is 3. The standard InChI is InChI=1S/C27H40O3/c1-8-10-20(22(9-2)24(29)13-17(3)28)14-19-15-21-11-12-23(27(5,6)7)18(4)26(21)25(30)16-19/h11-12,19-20,22H,8-10,13-16H2,1-7H3. The SMILES string of the molecule is CCCC(CC1CC(=O)c2c(ccc(C(C)(C)C)c2C)C1)C(CC)C(=O)CC(C)=O. The van der Waals surface area contributed by atoms with Crippen molar-refractivity contribution in [2.45, 2.75) is 98.8 Å². The van der Waals surface area contributed by atoms with Gasteiger partial charge in [-0.3, -0.25) is 14.4 Å². The first-order valence-corrected chi connectivity index (χ1v) is 11.7. The van der Waals surface area contributed by atoms with Crippen LogP contribution in [0.4, 0.5) is 0 Å². The molecule has 1 aliphatic carbocycles. The molecule has 2 rings (SSSR count). The summed E-state index contributed by atoms with van der Waals surface area (Å²) in [6, 6.07) is 4.35. The fourth-order valence-corrected chi connectivity index (χ4v) is 5.54. The first kappa shape index (κ1) is 24.5. The lowest BCUT2D eigenvalue weighted by molar-refractivity contribution is -0.129. The molecular formula is C27H40O3. The van der Waals surface area contributed by atoms with Crippen molar-refractivity contribution in [3.05, 3.63) is 34.4 Å². The van der Waals surface area contributed by atoms with E-state index in [1.807, 2.05) is 6.92 Å². The van der Waals surface area contributed by atoms with Crippen LogP contribution in [-0.4, -0.2) is 17.3 Å². The zero-order chi connectivity index (χ0) is 22.6. The van der Waals surface area contributed by atoms with E-state index in [4.69, 9.17) is 0 Å². The Morgan fingerprint density at radius 1 is 1.13 bits per heavy atom. The summed E-state index contributed by atoms with van der Waals surface area (Å²) in [5.41, 5.74) is 4.51. The van der Waals surface area contributed by atoms with Crippen molar-refractivity contribution in [1.82, 2.24) is 0 Å². The molecule has 3 atom stereocenters. The summed E-state index contributed by atoms with van der Waals surface area (Å²) in [6.07, 6.45) is 5.16. The molecule has 3 nitrogen and oxygen atoms in total. The van der Waals surface area contributed by atoms with Crippen LogP contribution in [0.15, 0.2) is 12.1 Å². The van der Waals surface area contributed by atoms with Gasteiger partial charge in [0.2, 0.25) is 0 Å². The third kappa shape index (κ3) is 5.68. The van der Waals surface area contributed by atoms with E-state index < -0.39 is 0 Å². The molecule has 0 aromatic heterocycles. The number of rotatable bonds is 9. The van der Waals surface area contributed by atoms with Crippen molar-refractivity contribution in [3.63, 3.8) is 0 Å². The number of ketones is 3. The minimum absolute atomic E-state index is 0.0217. The molecule has 0 fully saturated rings. The highest BCUT2D eigenvalue weighted by Gasteiger charge is 2.33. The lowest BCUT2D eigenvalue weighted by atomic mass is 9.71. The Labute approximate surface area is 183 Å². The van der Waals surface area contributed by atoms with Crippen LogP contribution < -0.4 is 0 Å². The summed E-state index contributed by atoms with van der Waals surface area (Å²) < 4.78 is 0. The maximum absolute atomic E-state index is 13.1. The van der Waals surface area contributed by atoms with E-state index in [0.29, 0.717) is 6.42 Å². The molecule has 1 aliphatic rings. The average molecular weight is 413 g/mol. The predicted molar refractivity (Wildman–Crippen MR) is 123 cm³/mol. The maximum Gasteiger partial charge on any atom is 0.163 e. The minimum atomic E-state index is -0.0737. The third-order valence-electron chi connectivity index (χ3n) is 6.76. The Morgan fingerprint density at radius 2 is 1.80 bits per heavy atom. The molecule has 0 radical (unpaired) electrons. The summed E-state index contributed by atoms with van der Waals surface area (Å²) in [6.45, 7) is 14.3. The van der Waals surface area contributed by atoms with Crippen LogP contribution in [0.1, 0.15) is 107 Å². The van der Waals surface area contributed by atoms with E-state index >= 15 is 0 Å². The van der Waals surface area contributed by atoms with Gasteiger partial charge in [0.05, 0.1) is 6.42 Å². The first-order valence-electron chi connectivity index (χ1n) is 11.7.